The summed E-state index contributed by atoms with van der Waals surface area (Å²) in [5.74, 6) is -0.207. The number of carbonyl (C=O) groups is 1. The monoisotopic (exact) mass is 258 g/mol. The zero-order valence-corrected chi connectivity index (χ0v) is 9.79. The van der Waals surface area contributed by atoms with Crippen molar-refractivity contribution in [3.63, 3.8) is 0 Å². The molecule has 1 heterocycles. The Morgan fingerprint density at radius 1 is 1.44 bits per heavy atom. The van der Waals surface area contributed by atoms with Crippen molar-refractivity contribution in [2.24, 2.45) is 0 Å². The first-order valence-corrected chi connectivity index (χ1v) is 5.68. The Morgan fingerprint density at radius 2 is 2.17 bits per heavy atom. The number of nitrogens with zero attached hydrogens (tertiary/aromatic N) is 1. The lowest BCUT2D eigenvalue weighted by molar-refractivity contribution is -0.137. The minimum atomic E-state index is -4.40. The first-order valence-electron chi connectivity index (χ1n) is 5.68. The molecule has 18 heavy (non-hydrogen) atoms. The maximum absolute atomic E-state index is 12.6. The SMILES string of the molecule is CCC1CC(=O)N(c2cccc(C(F)(F)F)c2)N1. The van der Waals surface area contributed by atoms with Crippen LogP contribution in [-0.2, 0) is 11.0 Å². The number of hydrogen-bond acceptors (Lipinski definition) is 2. The van der Waals surface area contributed by atoms with E-state index in [1.165, 1.54) is 17.1 Å². The van der Waals surface area contributed by atoms with Gasteiger partial charge < -0.3 is 0 Å². The van der Waals surface area contributed by atoms with E-state index in [0.29, 0.717) is 6.42 Å². The number of alkyl halides is 3. The van der Waals surface area contributed by atoms with Gasteiger partial charge in [0.15, 0.2) is 0 Å². The highest BCUT2D eigenvalue weighted by Crippen LogP contribution is 2.32. The van der Waals surface area contributed by atoms with Crippen molar-refractivity contribution in [2.45, 2.75) is 32.0 Å². The Balaban J connectivity index is 2.27. The van der Waals surface area contributed by atoms with E-state index in [4.69, 9.17) is 0 Å². The van der Waals surface area contributed by atoms with Crippen molar-refractivity contribution < 1.29 is 18.0 Å². The van der Waals surface area contributed by atoms with Gasteiger partial charge in [0.2, 0.25) is 5.91 Å². The van der Waals surface area contributed by atoms with Crippen LogP contribution >= 0.6 is 0 Å². The second kappa shape index (κ2) is 4.61. The van der Waals surface area contributed by atoms with Crippen LogP contribution in [0.25, 0.3) is 0 Å². The predicted octanol–water partition coefficient (Wildman–Crippen LogP) is 2.73. The molecule has 0 aliphatic carbocycles. The van der Waals surface area contributed by atoms with E-state index in [1.807, 2.05) is 6.92 Å². The van der Waals surface area contributed by atoms with Gasteiger partial charge in [-0.05, 0) is 24.6 Å². The predicted molar refractivity (Wildman–Crippen MR) is 60.8 cm³/mol. The van der Waals surface area contributed by atoms with Crippen LogP contribution in [0.3, 0.4) is 0 Å². The van der Waals surface area contributed by atoms with E-state index in [9.17, 15) is 18.0 Å². The zero-order valence-electron chi connectivity index (χ0n) is 9.79. The van der Waals surface area contributed by atoms with Crippen LogP contribution < -0.4 is 10.4 Å². The van der Waals surface area contributed by atoms with Crippen molar-refractivity contribution in [2.75, 3.05) is 5.01 Å². The average molecular weight is 258 g/mol. The molecule has 0 bridgehead atoms. The Hall–Kier alpha value is -1.56. The van der Waals surface area contributed by atoms with E-state index in [2.05, 4.69) is 5.43 Å². The highest BCUT2D eigenvalue weighted by Gasteiger charge is 2.33. The lowest BCUT2D eigenvalue weighted by Crippen LogP contribution is -2.37. The summed E-state index contributed by atoms with van der Waals surface area (Å²) in [6, 6.07) is 4.74. The Bertz CT molecular complexity index is 459. The van der Waals surface area contributed by atoms with Gasteiger partial charge in [0.05, 0.1) is 11.3 Å². The van der Waals surface area contributed by atoms with Crippen molar-refractivity contribution in [3.05, 3.63) is 29.8 Å². The zero-order chi connectivity index (χ0) is 13.3. The van der Waals surface area contributed by atoms with E-state index in [1.54, 1.807) is 0 Å². The molecule has 1 amide bonds. The third kappa shape index (κ3) is 2.48. The fraction of sp³-hybridized carbons (Fsp3) is 0.417. The lowest BCUT2D eigenvalue weighted by Gasteiger charge is -2.19. The van der Waals surface area contributed by atoms with E-state index >= 15 is 0 Å². The second-order valence-electron chi connectivity index (χ2n) is 4.22. The minimum absolute atomic E-state index is 0.00737. The first-order chi connectivity index (χ1) is 8.41. The van der Waals surface area contributed by atoms with Crippen molar-refractivity contribution in [1.29, 1.82) is 0 Å². The fourth-order valence-corrected chi connectivity index (χ4v) is 1.88. The maximum Gasteiger partial charge on any atom is 0.416 e. The molecule has 3 nitrogen and oxygen atoms in total. The summed E-state index contributed by atoms with van der Waals surface area (Å²) in [6.45, 7) is 1.92. The number of carbonyl (C=O) groups excluding carboxylic acids is 1. The number of benzene rings is 1. The van der Waals surface area contributed by atoms with Gasteiger partial charge in [-0.3, -0.25) is 4.79 Å². The number of halogens is 3. The summed E-state index contributed by atoms with van der Waals surface area (Å²) in [5, 5.41) is 1.20. The Labute approximate surface area is 103 Å². The number of nitrogens with one attached hydrogen (secondary N) is 1. The fourth-order valence-electron chi connectivity index (χ4n) is 1.88. The topological polar surface area (TPSA) is 32.3 Å². The molecular formula is C12H13F3N2O. The summed E-state index contributed by atoms with van der Waals surface area (Å²) in [6.07, 6.45) is -3.34. The number of hydrogen-bond donors (Lipinski definition) is 1. The molecule has 98 valence electrons. The van der Waals surface area contributed by atoms with Crippen LogP contribution in [0.5, 0.6) is 0 Å². The van der Waals surface area contributed by atoms with Crippen molar-refractivity contribution in [3.8, 4) is 0 Å². The van der Waals surface area contributed by atoms with E-state index in [-0.39, 0.29) is 17.6 Å². The van der Waals surface area contributed by atoms with Gasteiger partial charge in [-0.15, -0.1) is 0 Å². The second-order valence-corrected chi connectivity index (χ2v) is 4.22. The molecule has 1 aliphatic heterocycles. The van der Waals surface area contributed by atoms with Gasteiger partial charge in [-0.2, -0.15) is 13.2 Å². The normalized spacial score (nSPS) is 20.6. The summed E-state index contributed by atoms with van der Waals surface area (Å²) >= 11 is 0. The summed E-state index contributed by atoms with van der Waals surface area (Å²) in [7, 11) is 0. The van der Waals surface area contributed by atoms with Gasteiger partial charge in [0.25, 0.3) is 0 Å². The van der Waals surface area contributed by atoms with Crippen molar-refractivity contribution >= 4 is 11.6 Å². The molecule has 1 aliphatic rings. The number of hydrazine groups is 1. The molecule has 0 aromatic heterocycles. The quantitative estimate of drug-likeness (QED) is 0.884. The number of anilines is 1. The molecule has 1 aromatic rings. The maximum atomic E-state index is 12.6. The molecule has 0 spiro atoms. The molecule has 1 fully saturated rings. The molecule has 6 heteroatoms. The minimum Gasteiger partial charge on any atom is -0.273 e. The standard InChI is InChI=1S/C12H13F3N2O/c1-2-9-7-11(18)17(16-9)10-5-3-4-8(6-10)12(13,14)15/h3-6,9,16H,2,7H2,1H3. The van der Waals surface area contributed by atoms with Gasteiger partial charge in [-0.25, -0.2) is 10.4 Å². The van der Waals surface area contributed by atoms with Gasteiger partial charge >= 0.3 is 6.18 Å². The van der Waals surface area contributed by atoms with E-state index in [0.717, 1.165) is 18.6 Å². The molecule has 0 radical (unpaired) electrons. The van der Waals surface area contributed by atoms with Gasteiger partial charge in [0.1, 0.15) is 0 Å². The van der Waals surface area contributed by atoms with Crippen LogP contribution in [0.15, 0.2) is 24.3 Å². The van der Waals surface area contributed by atoms with Crippen molar-refractivity contribution in [1.82, 2.24) is 5.43 Å². The molecule has 1 aromatic carbocycles. The molecule has 1 atom stereocenters. The van der Waals surface area contributed by atoms with Crippen LogP contribution in [0.2, 0.25) is 0 Å². The van der Waals surface area contributed by atoms with Crippen LogP contribution in [0, 0.1) is 0 Å². The summed E-state index contributed by atoms with van der Waals surface area (Å²) in [5.41, 5.74) is 2.37. The molecule has 1 N–H and O–H groups in total. The van der Waals surface area contributed by atoms with Crippen LogP contribution in [0.4, 0.5) is 18.9 Å². The third-order valence-corrected chi connectivity index (χ3v) is 2.91. The third-order valence-electron chi connectivity index (χ3n) is 2.91. The molecule has 1 unspecified atom stereocenters. The summed E-state index contributed by atoms with van der Waals surface area (Å²) in [4.78, 5) is 11.7. The highest BCUT2D eigenvalue weighted by atomic mass is 19.4. The molecule has 1 saturated heterocycles. The average Bonchev–Trinajstić information content (AvgIpc) is 2.70. The number of rotatable bonds is 2. The Morgan fingerprint density at radius 3 is 2.72 bits per heavy atom. The molecule has 0 saturated carbocycles. The Kier molecular flexibility index (Phi) is 3.30. The van der Waals surface area contributed by atoms with E-state index < -0.39 is 11.7 Å². The van der Waals surface area contributed by atoms with Crippen LogP contribution in [0.1, 0.15) is 25.3 Å². The molecule has 2 rings (SSSR count). The van der Waals surface area contributed by atoms with Crippen LogP contribution in [-0.4, -0.2) is 11.9 Å². The first kappa shape index (κ1) is 12.9. The van der Waals surface area contributed by atoms with Gasteiger partial charge in [0, 0.05) is 12.5 Å². The molecular weight excluding hydrogens is 245 g/mol. The van der Waals surface area contributed by atoms with Gasteiger partial charge in [-0.1, -0.05) is 13.0 Å². The smallest absolute Gasteiger partial charge is 0.273 e. The highest BCUT2D eigenvalue weighted by molar-refractivity contribution is 5.94. The largest absolute Gasteiger partial charge is 0.416 e. The summed E-state index contributed by atoms with van der Waals surface area (Å²) < 4.78 is 37.7. The number of amides is 1. The lowest BCUT2D eigenvalue weighted by atomic mass is 10.2.